The van der Waals surface area contributed by atoms with Gasteiger partial charge in [0.2, 0.25) is 5.91 Å². The van der Waals surface area contributed by atoms with E-state index >= 15 is 0 Å². The summed E-state index contributed by atoms with van der Waals surface area (Å²) in [7, 11) is 3.65. The number of hydrogen-bond donors (Lipinski definition) is 1. The van der Waals surface area contributed by atoms with Gasteiger partial charge in [-0.2, -0.15) is 5.10 Å². The average molecular weight is 352 g/mol. The molecule has 0 aliphatic carbocycles. The molecule has 0 saturated carbocycles. The van der Waals surface area contributed by atoms with E-state index in [0.717, 1.165) is 27.7 Å². The minimum absolute atomic E-state index is 0.0108. The van der Waals surface area contributed by atoms with Crippen molar-refractivity contribution in [3.05, 3.63) is 63.2 Å². The first-order chi connectivity index (χ1) is 12.3. The second-order valence-corrected chi connectivity index (χ2v) is 6.88. The van der Waals surface area contributed by atoms with Gasteiger partial charge in [-0.25, -0.2) is 0 Å². The van der Waals surface area contributed by atoms with Gasteiger partial charge in [0.05, 0.1) is 5.69 Å². The first-order valence-corrected chi connectivity index (χ1v) is 8.69. The molecule has 3 rings (SSSR count). The molecule has 6 nitrogen and oxygen atoms in total. The molecule has 0 bridgehead atoms. The number of carbonyl (C=O) groups excluding carboxylic acids is 1. The normalized spacial score (nSPS) is 11.1. The second-order valence-electron chi connectivity index (χ2n) is 6.88. The van der Waals surface area contributed by atoms with E-state index in [9.17, 15) is 9.59 Å². The van der Waals surface area contributed by atoms with E-state index in [4.69, 9.17) is 0 Å². The summed E-state index contributed by atoms with van der Waals surface area (Å²) in [5, 5.41) is 5.28. The Kier molecular flexibility index (Phi) is 4.93. The quantitative estimate of drug-likeness (QED) is 0.767. The van der Waals surface area contributed by atoms with Gasteiger partial charge in [0.15, 0.2) is 0 Å². The lowest BCUT2D eigenvalue weighted by Gasteiger charge is -2.16. The zero-order valence-electron chi connectivity index (χ0n) is 15.7. The Hall–Kier alpha value is -2.89. The number of aromatic amines is 1. The zero-order chi connectivity index (χ0) is 18.8. The lowest BCUT2D eigenvalue weighted by molar-refractivity contribution is -0.130. The second kappa shape index (κ2) is 7.15. The van der Waals surface area contributed by atoms with E-state index in [1.54, 1.807) is 16.6 Å². The number of benzene rings is 1. The Bertz CT molecular complexity index is 1020. The largest absolute Gasteiger partial charge is 0.341 e. The molecule has 0 atom stereocenters. The van der Waals surface area contributed by atoms with Crippen molar-refractivity contribution in [2.45, 2.75) is 33.2 Å². The summed E-state index contributed by atoms with van der Waals surface area (Å²) in [4.78, 5) is 29.3. The van der Waals surface area contributed by atoms with Gasteiger partial charge in [0.1, 0.15) is 0 Å². The number of H-pyrrole nitrogens is 1. The molecule has 0 unspecified atom stereocenters. The minimum atomic E-state index is -0.123. The number of hydrogen-bond acceptors (Lipinski definition) is 3. The van der Waals surface area contributed by atoms with Crippen molar-refractivity contribution in [3.63, 3.8) is 0 Å². The van der Waals surface area contributed by atoms with Crippen molar-refractivity contribution in [1.82, 2.24) is 19.7 Å². The van der Waals surface area contributed by atoms with Crippen LogP contribution in [0.5, 0.6) is 0 Å². The third-order valence-corrected chi connectivity index (χ3v) is 4.63. The fraction of sp³-hybridized carbons (Fsp3) is 0.350. The highest BCUT2D eigenvalue weighted by Crippen LogP contribution is 2.14. The molecule has 0 radical (unpaired) electrons. The van der Waals surface area contributed by atoms with Gasteiger partial charge in [0.25, 0.3) is 5.56 Å². The van der Waals surface area contributed by atoms with Crippen LogP contribution in [0.25, 0.3) is 10.9 Å². The molecule has 2 aromatic heterocycles. The van der Waals surface area contributed by atoms with Gasteiger partial charge < -0.3 is 9.88 Å². The SMILES string of the molecule is Cc1ccc2cc(CCC(=O)N(C)Cc3cn(C)nc3C)c(=O)[nH]c2c1. The van der Waals surface area contributed by atoms with Gasteiger partial charge in [0, 0.05) is 49.9 Å². The topological polar surface area (TPSA) is 71.0 Å². The summed E-state index contributed by atoms with van der Waals surface area (Å²) in [5.74, 6) is 0.0108. The van der Waals surface area contributed by atoms with Gasteiger partial charge >= 0.3 is 0 Å². The molecule has 1 aromatic carbocycles. The third kappa shape index (κ3) is 3.85. The summed E-state index contributed by atoms with van der Waals surface area (Å²) in [6, 6.07) is 7.84. The molecular weight excluding hydrogens is 328 g/mol. The number of carbonyl (C=O) groups is 1. The molecule has 26 heavy (non-hydrogen) atoms. The van der Waals surface area contributed by atoms with Crippen LogP contribution in [0.1, 0.15) is 28.8 Å². The Morgan fingerprint density at radius 3 is 2.69 bits per heavy atom. The Labute approximate surface area is 152 Å². The van der Waals surface area contributed by atoms with Crippen molar-refractivity contribution < 1.29 is 4.79 Å². The lowest BCUT2D eigenvalue weighted by atomic mass is 10.1. The number of aromatic nitrogens is 3. The summed E-state index contributed by atoms with van der Waals surface area (Å²) in [6.07, 6.45) is 2.65. The fourth-order valence-electron chi connectivity index (χ4n) is 3.13. The van der Waals surface area contributed by atoms with Crippen LogP contribution < -0.4 is 5.56 Å². The highest BCUT2D eigenvalue weighted by molar-refractivity contribution is 5.80. The highest BCUT2D eigenvalue weighted by atomic mass is 16.2. The van der Waals surface area contributed by atoms with Crippen molar-refractivity contribution >= 4 is 16.8 Å². The Morgan fingerprint density at radius 2 is 2.00 bits per heavy atom. The van der Waals surface area contributed by atoms with Crippen LogP contribution >= 0.6 is 0 Å². The standard InChI is InChI=1S/C20H24N4O2/c1-13-5-6-15-10-16(20(26)21-18(15)9-13)7-8-19(25)23(3)11-17-12-24(4)22-14(17)2/h5-6,9-10,12H,7-8,11H2,1-4H3,(H,21,26). The number of nitrogens with one attached hydrogen (secondary N) is 1. The smallest absolute Gasteiger partial charge is 0.251 e. The first kappa shape index (κ1) is 17.9. The molecule has 0 spiro atoms. The molecule has 1 N–H and O–H groups in total. The van der Waals surface area contributed by atoms with Crippen molar-refractivity contribution in [2.75, 3.05) is 7.05 Å². The van der Waals surface area contributed by atoms with Gasteiger partial charge in [-0.05, 0) is 43.4 Å². The predicted octanol–water partition coefficient (Wildman–Crippen LogP) is 2.47. The van der Waals surface area contributed by atoms with Crippen molar-refractivity contribution in [3.8, 4) is 0 Å². The van der Waals surface area contributed by atoms with Crippen LogP contribution in [-0.2, 0) is 24.8 Å². The van der Waals surface area contributed by atoms with E-state index in [0.29, 0.717) is 24.9 Å². The molecule has 0 fully saturated rings. The van der Waals surface area contributed by atoms with Gasteiger partial charge in [-0.1, -0.05) is 12.1 Å². The maximum atomic E-state index is 12.4. The highest BCUT2D eigenvalue weighted by Gasteiger charge is 2.13. The first-order valence-electron chi connectivity index (χ1n) is 8.69. The van der Waals surface area contributed by atoms with Crippen molar-refractivity contribution in [1.29, 1.82) is 0 Å². The molecular formula is C20H24N4O2. The summed E-state index contributed by atoms with van der Waals surface area (Å²) < 4.78 is 1.75. The van der Waals surface area contributed by atoms with Gasteiger partial charge in [-0.3, -0.25) is 14.3 Å². The maximum Gasteiger partial charge on any atom is 0.251 e. The Morgan fingerprint density at radius 1 is 1.23 bits per heavy atom. The van der Waals surface area contributed by atoms with E-state index in [1.807, 2.05) is 51.4 Å². The van der Waals surface area contributed by atoms with E-state index in [1.165, 1.54) is 0 Å². The van der Waals surface area contributed by atoms with E-state index in [-0.39, 0.29) is 11.5 Å². The van der Waals surface area contributed by atoms with Crippen LogP contribution in [0.4, 0.5) is 0 Å². The number of rotatable bonds is 5. The summed E-state index contributed by atoms with van der Waals surface area (Å²) in [5.41, 5.74) is 4.40. The molecule has 136 valence electrons. The number of pyridine rings is 1. The van der Waals surface area contributed by atoms with E-state index in [2.05, 4.69) is 10.1 Å². The number of aryl methyl sites for hydroxylation is 4. The van der Waals surface area contributed by atoms with Crippen LogP contribution in [-0.4, -0.2) is 32.6 Å². The third-order valence-electron chi connectivity index (χ3n) is 4.63. The maximum absolute atomic E-state index is 12.4. The molecule has 1 amide bonds. The van der Waals surface area contributed by atoms with Crippen LogP contribution in [0, 0.1) is 13.8 Å². The zero-order valence-corrected chi connectivity index (χ0v) is 15.7. The summed E-state index contributed by atoms with van der Waals surface area (Å²) >= 11 is 0. The van der Waals surface area contributed by atoms with Crippen molar-refractivity contribution in [2.24, 2.45) is 7.05 Å². The number of amides is 1. The Balaban J connectivity index is 1.68. The number of fused-ring (bicyclic) bond motifs is 1. The fourth-order valence-corrected chi connectivity index (χ4v) is 3.13. The molecule has 2 heterocycles. The lowest BCUT2D eigenvalue weighted by Crippen LogP contribution is -2.27. The average Bonchev–Trinajstić information content (AvgIpc) is 2.89. The van der Waals surface area contributed by atoms with E-state index < -0.39 is 0 Å². The monoisotopic (exact) mass is 352 g/mol. The molecule has 0 aliphatic heterocycles. The number of nitrogens with zero attached hydrogens (tertiary/aromatic N) is 3. The predicted molar refractivity (Wildman–Crippen MR) is 102 cm³/mol. The van der Waals surface area contributed by atoms with Crippen LogP contribution in [0.3, 0.4) is 0 Å². The molecule has 3 aromatic rings. The minimum Gasteiger partial charge on any atom is -0.341 e. The van der Waals surface area contributed by atoms with Crippen LogP contribution in [0.2, 0.25) is 0 Å². The van der Waals surface area contributed by atoms with Crippen LogP contribution in [0.15, 0.2) is 35.3 Å². The molecule has 0 saturated heterocycles. The molecule has 6 heteroatoms. The summed E-state index contributed by atoms with van der Waals surface area (Å²) in [6.45, 7) is 4.44. The van der Waals surface area contributed by atoms with Gasteiger partial charge in [-0.15, -0.1) is 0 Å². The molecule has 0 aliphatic rings.